The number of ether oxygens (including phenoxy) is 1. The maximum absolute atomic E-state index is 12.8. The van der Waals surface area contributed by atoms with Gasteiger partial charge in [-0.1, -0.05) is 41.9 Å². The van der Waals surface area contributed by atoms with Crippen LogP contribution in [0, 0.1) is 0 Å². The molecule has 7 nitrogen and oxygen atoms in total. The van der Waals surface area contributed by atoms with Gasteiger partial charge < -0.3 is 15.4 Å². The maximum Gasteiger partial charge on any atom is 0.325 e. The van der Waals surface area contributed by atoms with Crippen molar-refractivity contribution in [2.45, 2.75) is 12.5 Å². The molecule has 0 aromatic heterocycles. The van der Waals surface area contributed by atoms with Gasteiger partial charge in [0.2, 0.25) is 5.91 Å². The summed E-state index contributed by atoms with van der Waals surface area (Å²) >= 11 is 5.88. The van der Waals surface area contributed by atoms with Crippen molar-refractivity contribution < 1.29 is 19.1 Å². The lowest BCUT2D eigenvalue weighted by Crippen LogP contribution is -2.43. The number of hydrogen-bond acceptors (Lipinski definition) is 4. The lowest BCUT2D eigenvalue weighted by Gasteiger charge is -2.22. The molecule has 0 unspecified atom stereocenters. The number of carbonyl (C=O) groups is 3. The number of imide groups is 1. The average Bonchev–Trinajstić information content (AvgIpc) is 2.90. The number of para-hydroxylation sites is 1. The molecule has 4 amide bonds. The molecule has 28 heavy (non-hydrogen) atoms. The number of rotatable bonds is 7. The van der Waals surface area contributed by atoms with Crippen molar-refractivity contribution in [3.8, 4) is 5.75 Å². The van der Waals surface area contributed by atoms with Gasteiger partial charge in [-0.05, 0) is 36.8 Å². The Bertz CT molecular complexity index is 873. The number of carbonyl (C=O) groups excluding carboxylic acids is 3. The van der Waals surface area contributed by atoms with Gasteiger partial charge in [0.15, 0.2) is 0 Å². The summed E-state index contributed by atoms with van der Waals surface area (Å²) in [6, 6.07) is 15.2. The molecule has 3 rings (SSSR count). The Balaban J connectivity index is 1.53. The van der Waals surface area contributed by atoms with E-state index in [1.54, 1.807) is 31.2 Å². The Morgan fingerprint density at radius 1 is 1.14 bits per heavy atom. The van der Waals surface area contributed by atoms with Gasteiger partial charge in [0, 0.05) is 5.02 Å². The van der Waals surface area contributed by atoms with Crippen molar-refractivity contribution in [2.24, 2.45) is 0 Å². The number of amides is 4. The summed E-state index contributed by atoms with van der Waals surface area (Å²) in [7, 11) is 0. The second-order valence-electron chi connectivity index (χ2n) is 6.46. The topological polar surface area (TPSA) is 87.7 Å². The van der Waals surface area contributed by atoms with E-state index in [0.29, 0.717) is 16.3 Å². The Kier molecular flexibility index (Phi) is 5.84. The molecule has 1 heterocycles. The van der Waals surface area contributed by atoms with Crippen LogP contribution in [0.3, 0.4) is 0 Å². The van der Waals surface area contributed by atoms with E-state index in [1.807, 2.05) is 30.3 Å². The molecule has 0 bridgehead atoms. The fourth-order valence-corrected chi connectivity index (χ4v) is 3.02. The summed E-state index contributed by atoms with van der Waals surface area (Å²) in [4.78, 5) is 38.1. The molecule has 2 aromatic carbocycles. The van der Waals surface area contributed by atoms with Gasteiger partial charge in [-0.2, -0.15) is 0 Å². The number of benzene rings is 2. The lowest BCUT2D eigenvalue weighted by atomic mass is 9.92. The molecule has 1 saturated heterocycles. The second-order valence-corrected chi connectivity index (χ2v) is 6.90. The van der Waals surface area contributed by atoms with Gasteiger partial charge in [0.25, 0.3) is 5.91 Å². The monoisotopic (exact) mass is 401 g/mol. The molecule has 0 aliphatic carbocycles. The van der Waals surface area contributed by atoms with Crippen LogP contribution in [-0.4, -0.2) is 42.4 Å². The van der Waals surface area contributed by atoms with Crippen molar-refractivity contribution >= 4 is 29.4 Å². The molecule has 0 radical (unpaired) electrons. The highest BCUT2D eigenvalue weighted by Crippen LogP contribution is 2.29. The molecule has 1 atom stereocenters. The fourth-order valence-electron chi connectivity index (χ4n) is 2.89. The Labute approximate surface area is 167 Å². The van der Waals surface area contributed by atoms with Crippen LogP contribution in [0.5, 0.6) is 5.75 Å². The summed E-state index contributed by atoms with van der Waals surface area (Å²) < 4.78 is 5.48. The van der Waals surface area contributed by atoms with E-state index in [2.05, 4.69) is 10.6 Å². The summed E-state index contributed by atoms with van der Waals surface area (Å²) in [6.07, 6.45) is 0. The van der Waals surface area contributed by atoms with Gasteiger partial charge in [-0.3, -0.25) is 14.5 Å². The van der Waals surface area contributed by atoms with E-state index >= 15 is 0 Å². The van der Waals surface area contributed by atoms with Crippen LogP contribution in [0.15, 0.2) is 54.6 Å². The predicted octanol–water partition coefficient (Wildman–Crippen LogP) is 2.30. The first-order valence-electron chi connectivity index (χ1n) is 8.75. The van der Waals surface area contributed by atoms with Crippen LogP contribution < -0.4 is 15.4 Å². The zero-order valence-corrected chi connectivity index (χ0v) is 16.0. The highest BCUT2D eigenvalue weighted by molar-refractivity contribution is 6.30. The first-order valence-corrected chi connectivity index (χ1v) is 9.12. The summed E-state index contributed by atoms with van der Waals surface area (Å²) in [6.45, 7) is 1.77. The lowest BCUT2D eigenvalue weighted by molar-refractivity contribution is -0.134. The number of halogens is 1. The highest BCUT2D eigenvalue weighted by atomic mass is 35.5. The quantitative estimate of drug-likeness (QED) is 0.550. The zero-order chi connectivity index (χ0) is 20.1. The van der Waals surface area contributed by atoms with Crippen LogP contribution in [-0.2, 0) is 15.1 Å². The largest absolute Gasteiger partial charge is 0.492 e. The molecule has 0 saturated carbocycles. The molecular formula is C20H20ClN3O4. The van der Waals surface area contributed by atoms with Crippen molar-refractivity contribution in [1.29, 1.82) is 0 Å². The first-order chi connectivity index (χ1) is 13.4. The van der Waals surface area contributed by atoms with Crippen LogP contribution in [0.25, 0.3) is 0 Å². The maximum atomic E-state index is 12.8. The van der Waals surface area contributed by atoms with Crippen LogP contribution in [0.2, 0.25) is 5.02 Å². The van der Waals surface area contributed by atoms with E-state index < -0.39 is 23.4 Å². The number of hydrogen-bond donors (Lipinski definition) is 2. The van der Waals surface area contributed by atoms with E-state index in [9.17, 15) is 14.4 Å². The molecule has 1 aliphatic rings. The molecular weight excluding hydrogens is 382 g/mol. The number of nitrogens with one attached hydrogen (secondary N) is 2. The van der Waals surface area contributed by atoms with Crippen LogP contribution >= 0.6 is 11.6 Å². The van der Waals surface area contributed by atoms with Gasteiger partial charge in [0.1, 0.15) is 24.4 Å². The predicted molar refractivity (Wildman–Crippen MR) is 104 cm³/mol. The number of urea groups is 1. The van der Waals surface area contributed by atoms with Gasteiger partial charge in [0.05, 0.1) is 6.54 Å². The minimum absolute atomic E-state index is 0.256. The summed E-state index contributed by atoms with van der Waals surface area (Å²) in [5.41, 5.74) is -0.646. The van der Waals surface area contributed by atoms with E-state index in [1.165, 1.54) is 0 Å². The number of nitrogens with zero attached hydrogens (tertiary/aromatic N) is 1. The molecule has 8 heteroatoms. The molecule has 1 fully saturated rings. The van der Waals surface area contributed by atoms with Gasteiger partial charge in [-0.15, -0.1) is 0 Å². The van der Waals surface area contributed by atoms with E-state index in [0.717, 1.165) is 4.90 Å². The van der Waals surface area contributed by atoms with Crippen molar-refractivity contribution in [3.05, 3.63) is 65.2 Å². The first kappa shape index (κ1) is 19.7. The van der Waals surface area contributed by atoms with E-state index in [4.69, 9.17) is 16.3 Å². The SMILES string of the molecule is C[C@@]1(c2ccc(Cl)cc2)NC(=O)N(CC(=O)NCCOc2ccccc2)C1=O. The Morgan fingerprint density at radius 2 is 1.82 bits per heavy atom. The van der Waals surface area contributed by atoms with Crippen molar-refractivity contribution in [2.75, 3.05) is 19.7 Å². The third kappa shape index (κ3) is 4.26. The minimum Gasteiger partial charge on any atom is -0.492 e. The highest BCUT2D eigenvalue weighted by Gasteiger charge is 2.49. The van der Waals surface area contributed by atoms with E-state index in [-0.39, 0.29) is 19.7 Å². The smallest absolute Gasteiger partial charge is 0.325 e. The third-order valence-electron chi connectivity index (χ3n) is 4.43. The molecule has 0 spiro atoms. The fraction of sp³-hybridized carbons (Fsp3) is 0.250. The van der Waals surface area contributed by atoms with Gasteiger partial charge in [-0.25, -0.2) is 4.79 Å². The molecule has 1 aliphatic heterocycles. The summed E-state index contributed by atoms with van der Waals surface area (Å²) in [5.74, 6) is -0.236. The molecule has 146 valence electrons. The standard InChI is InChI=1S/C20H20ClN3O4/c1-20(14-7-9-15(21)10-8-14)18(26)24(19(27)23-20)13-17(25)22-11-12-28-16-5-3-2-4-6-16/h2-10H,11-13H2,1H3,(H,22,25)(H,23,27)/t20-/m0/s1. The van der Waals surface area contributed by atoms with Crippen LogP contribution in [0.4, 0.5) is 4.79 Å². The molecule has 2 aromatic rings. The Hall–Kier alpha value is -3.06. The minimum atomic E-state index is -1.24. The third-order valence-corrected chi connectivity index (χ3v) is 4.69. The van der Waals surface area contributed by atoms with Crippen molar-refractivity contribution in [3.63, 3.8) is 0 Å². The van der Waals surface area contributed by atoms with Gasteiger partial charge >= 0.3 is 6.03 Å². The second kappa shape index (κ2) is 8.31. The Morgan fingerprint density at radius 3 is 2.50 bits per heavy atom. The normalized spacial score (nSPS) is 18.7. The zero-order valence-electron chi connectivity index (χ0n) is 15.3. The average molecular weight is 402 g/mol. The van der Waals surface area contributed by atoms with Crippen molar-refractivity contribution in [1.82, 2.24) is 15.5 Å². The molecule has 2 N–H and O–H groups in total. The van der Waals surface area contributed by atoms with Crippen LogP contribution in [0.1, 0.15) is 12.5 Å². The summed E-state index contributed by atoms with van der Waals surface area (Å²) in [5, 5.41) is 5.82.